The number of hydrogen-bond donors (Lipinski definition) is 0. The fraction of sp³-hybridized carbons (Fsp3) is 0.200. The highest BCUT2D eigenvalue weighted by Crippen LogP contribution is 2.10. The topological polar surface area (TPSA) is 40.9 Å². The standard InChI is InChI=1S/C10H8FNO/c1-7-4-8(6-9(11)5-7)10(13)2-3-12/h4-6H,2H2,1H3. The number of halogens is 1. The molecule has 66 valence electrons. The molecule has 0 spiro atoms. The second kappa shape index (κ2) is 3.81. The third-order valence-corrected chi connectivity index (χ3v) is 1.60. The van der Waals surface area contributed by atoms with Gasteiger partial charge in [-0.3, -0.25) is 4.79 Å². The van der Waals surface area contributed by atoms with Crippen molar-refractivity contribution in [2.24, 2.45) is 0 Å². The number of hydrogen-bond acceptors (Lipinski definition) is 2. The summed E-state index contributed by atoms with van der Waals surface area (Å²) in [7, 11) is 0. The van der Waals surface area contributed by atoms with Gasteiger partial charge in [0, 0.05) is 5.56 Å². The number of nitriles is 1. The van der Waals surface area contributed by atoms with Crippen LogP contribution < -0.4 is 0 Å². The predicted octanol–water partition coefficient (Wildman–Crippen LogP) is 2.23. The van der Waals surface area contributed by atoms with E-state index in [2.05, 4.69) is 0 Å². The highest BCUT2D eigenvalue weighted by molar-refractivity contribution is 5.97. The number of ketones is 1. The number of Topliss-reactive ketones (excluding diaryl/α,β-unsaturated/α-hetero) is 1. The zero-order valence-corrected chi connectivity index (χ0v) is 7.17. The van der Waals surface area contributed by atoms with Crippen molar-refractivity contribution < 1.29 is 9.18 Å². The van der Waals surface area contributed by atoms with E-state index >= 15 is 0 Å². The molecule has 0 saturated carbocycles. The summed E-state index contributed by atoms with van der Waals surface area (Å²) < 4.78 is 12.8. The van der Waals surface area contributed by atoms with Crippen LogP contribution in [0.25, 0.3) is 0 Å². The van der Waals surface area contributed by atoms with Gasteiger partial charge >= 0.3 is 0 Å². The van der Waals surface area contributed by atoms with Gasteiger partial charge in [-0.2, -0.15) is 5.26 Å². The SMILES string of the molecule is Cc1cc(F)cc(C(=O)CC#N)c1. The molecule has 2 nitrogen and oxygen atoms in total. The summed E-state index contributed by atoms with van der Waals surface area (Å²) >= 11 is 0. The summed E-state index contributed by atoms with van der Waals surface area (Å²) in [5, 5.41) is 8.27. The minimum absolute atomic E-state index is 0.205. The number of nitrogens with zero attached hydrogens (tertiary/aromatic N) is 1. The molecule has 3 heteroatoms. The smallest absolute Gasteiger partial charge is 0.177 e. The van der Waals surface area contributed by atoms with Gasteiger partial charge in [-0.25, -0.2) is 4.39 Å². The number of rotatable bonds is 2. The first-order chi connectivity index (χ1) is 6.13. The molecule has 0 aliphatic heterocycles. The summed E-state index contributed by atoms with van der Waals surface area (Å²) in [4.78, 5) is 11.2. The molecule has 0 fully saturated rings. The molecule has 0 unspecified atom stereocenters. The Bertz CT molecular complexity index is 359. The molecular weight excluding hydrogens is 169 g/mol. The lowest BCUT2D eigenvalue weighted by Crippen LogP contribution is -1.98. The third-order valence-electron chi connectivity index (χ3n) is 1.60. The van der Waals surface area contributed by atoms with E-state index < -0.39 is 5.82 Å². The van der Waals surface area contributed by atoms with Crippen LogP contribution in [-0.4, -0.2) is 5.78 Å². The second-order valence-corrected chi connectivity index (χ2v) is 2.78. The highest BCUT2D eigenvalue weighted by atomic mass is 19.1. The van der Waals surface area contributed by atoms with Crippen LogP contribution in [0.3, 0.4) is 0 Å². The largest absolute Gasteiger partial charge is 0.293 e. The first kappa shape index (κ1) is 9.40. The van der Waals surface area contributed by atoms with E-state index in [9.17, 15) is 9.18 Å². The minimum Gasteiger partial charge on any atom is -0.293 e. The van der Waals surface area contributed by atoms with Crippen molar-refractivity contribution in [1.29, 1.82) is 5.26 Å². The van der Waals surface area contributed by atoms with E-state index in [-0.39, 0.29) is 17.8 Å². The molecule has 0 radical (unpaired) electrons. The molecule has 0 aromatic heterocycles. The van der Waals surface area contributed by atoms with E-state index in [0.29, 0.717) is 5.56 Å². The Labute approximate surface area is 75.6 Å². The maximum atomic E-state index is 12.8. The first-order valence-corrected chi connectivity index (χ1v) is 3.81. The van der Waals surface area contributed by atoms with Gasteiger partial charge in [-0.05, 0) is 30.7 Å². The van der Waals surface area contributed by atoms with E-state index in [1.165, 1.54) is 6.07 Å². The summed E-state index contributed by atoms with van der Waals surface area (Å²) in [6.45, 7) is 1.70. The second-order valence-electron chi connectivity index (χ2n) is 2.78. The van der Waals surface area contributed by atoms with Crippen molar-refractivity contribution >= 4 is 5.78 Å². The number of benzene rings is 1. The fourth-order valence-corrected chi connectivity index (χ4v) is 1.07. The Morgan fingerprint density at radius 1 is 1.54 bits per heavy atom. The van der Waals surface area contributed by atoms with Crippen LogP contribution in [0.15, 0.2) is 18.2 Å². The van der Waals surface area contributed by atoms with Crippen LogP contribution >= 0.6 is 0 Å². The molecule has 0 bridgehead atoms. The summed E-state index contributed by atoms with van der Waals surface area (Å²) in [5.41, 5.74) is 0.945. The molecule has 0 saturated heterocycles. The normalized spacial score (nSPS) is 9.31. The molecule has 1 rings (SSSR count). The van der Waals surface area contributed by atoms with Gasteiger partial charge in [0.1, 0.15) is 5.82 Å². The molecule has 1 aromatic carbocycles. The van der Waals surface area contributed by atoms with Gasteiger partial charge in [0.25, 0.3) is 0 Å². The zero-order chi connectivity index (χ0) is 9.84. The Morgan fingerprint density at radius 3 is 2.77 bits per heavy atom. The van der Waals surface area contributed by atoms with E-state index in [0.717, 1.165) is 6.07 Å². The van der Waals surface area contributed by atoms with Crippen molar-refractivity contribution in [2.75, 3.05) is 0 Å². The van der Waals surface area contributed by atoms with E-state index in [1.807, 2.05) is 0 Å². The van der Waals surface area contributed by atoms with Gasteiger partial charge in [0.2, 0.25) is 0 Å². The summed E-state index contributed by atoms with van der Waals surface area (Å²) in [5.74, 6) is -0.786. The van der Waals surface area contributed by atoms with Crippen LogP contribution in [0.2, 0.25) is 0 Å². The molecule has 0 heterocycles. The van der Waals surface area contributed by atoms with Crippen LogP contribution in [0.1, 0.15) is 22.3 Å². The Morgan fingerprint density at radius 2 is 2.23 bits per heavy atom. The quantitative estimate of drug-likeness (QED) is 0.650. The van der Waals surface area contributed by atoms with Gasteiger partial charge in [0.15, 0.2) is 5.78 Å². The average molecular weight is 177 g/mol. The first-order valence-electron chi connectivity index (χ1n) is 3.81. The highest BCUT2D eigenvalue weighted by Gasteiger charge is 2.06. The summed E-state index contributed by atoms with van der Waals surface area (Å²) in [6.07, 6.45) is -0.205. The minimum atomic E-state index is -0.443. The van der Waals surface area contributed by atoms with E-state index in [4.69, 9.17) is 5.26 Å². The lowest BCUT2D eigenvalue weighted by atomic mass is 10.1. The maximum absolute atomic E-state index is 12.8. The van der Waals surface area contributed by atoms with E-state index in [1.54, 1.807) is 19.1 Å². The maximum Gasteiger partial charge on any atom is 0.177 e. The fourth-order valence-electron chi connectivity index (χ4n) is 1.07. The summed E-state index contributed by atoms with van der Waals surface area (Å²) in [6, 6.07) is 5.79. The van der Waals surface area contributed by atoms with Gasteiger partial charge in [-0.15, -0.1) is 0 Å². The van der Waals surface area contributed by atoms with Gasteiger partial charge < -0.3 is 0 Å². The van der Waals surface area contributed by atoms with Crippen molar-refractivity contribution in [3.8, 4) is 6.07 Å². The van der Waals surface area contributed by atoms with Crippen LogP contribution in [0.5, 0.6) is 0 Å². The van der Waals surface area contributed by atoms with Gasteiger partial charge in [0.05, 0.1) is 12.5 Å². The lowest BCUT2D eigenvalue weighted by Gasteiger charge is -1.98. The Balaban J connectivity index is 3.02. The van der Waals surface area contributed by atoms with Crippen LogP contribution in [-0.2, 0) is 0 Å². The Hall–Kier alpha value is -1.69. The van der Waals surface area contributed by atoms with Crippen molar-refractivity contribution in [3.63, 3.8) is 0 Å². The zero-order valence-electron chi connectivity index (χ0n) is 7.17. The van der Waals surface area contributed by atoms with Crippen molar-refractivity contribution in [2.45, 2.75) is 13.3 Å². The molecule has 1 aromatic rings. The molecule has 0 N–H and O–H groups in total. The molecule has 0 atom stereocenters. The van der Waals surface area contributed by atoms with Crippen molar-refractivity contribution in [3.05, 3.63) is 35.1 Å². The average Bonchev–Trinajstić information content (AvgIpc) is 2.03. The number of carbonyl (C=O) groups excluding carboxylic acids is 1. The van der Waals surface area contributed by atoms with Crippen molar-refractivity contribution in [1.82, 2.24) is 0 Å². The lowest BCUT2D eigenvalue weighted by molar-refractivity contribution is 0.0997. The molecule has 0 amide bonds. The van der Waals surface area contributed by atoms with Crippen LogP contribution in [0.4, 0.5) is 4.39 Å². The van der Waals surface area contributed by atoms with Gasteiger partial charge in [-0.1, -0.05) is 0 Å². The molecule has 0 aliphatic carbocycles. The monoisotopic (exact) mass is 177 g/mol. The molecular formula is C10H8FNO. The Kier molecular flexibility index (Phi) is 2.76. The van der Waals surface area contributed by atoms with Crippen LogP contribution in [0, 0.1) is 24.1 Å². The molecule has 13 heavy (non-hydrogen) atoms. The molecule has 0 aliphatic rings. The number of carbonyl (C=O) groups is 1. The number of aryl methyl sites for hydroxylation is 1. The predicted molar refractivity (Wildman–Crippen MR) is 45.7 cm³/mol. The third kappa shape index (κ3) is 2.38.